The van der Waals surface area contributed by atoms with Gasteiger partial charge in [0.2, 0.25) is 5.75 Å². The van der Waals surface area contributed by atoms with E-state index in [1.807, 2.05) is 35.9 Å². The Morgan fingerprint density at radius 3 is 2.30 bits per heavy atom. The highest BCUT2D eigenvalue weighted by Crippen LogP contribution is 2.41. The fourth-order valence-electron chi connectivity index (χ4n) is 2.68. The first-order valence-corrected chi connectivity index (χ1v) is 9.92. The largest absolute Gasteiger partial charge is 0.493 e. The average Bonchev–Trinajstić information content (AvgIpc) is 3.05. The third-order valence-electron chi connectivity index (χ3n) is 4.01. The molecule has 0 fully saturated rings. The van der Waals surface area contributed by atoms with Gasteiger partial charge < -0.3 is 18.8 Å². The summed E-state index contributed by atoms with van der Waals surface area (Å²) in [4.78, 5) is 0. The van der Waals surface area contributed by atoms with Crippen molar-refractivity contribution in [3.05, 3.63) is 46.4 Å². The second-order valence-electron chi connectivity index (χ2n) is 5.70. The van der Waals surface area contributed by atoms with Crippen LogP contribution in [0, 0.1) is 0 Å². The zero-order valence-corrected chi connectivity index (χ0v) is 17.9. The molecule has 0 unspecified atom stereocenters. The first-order chi connectivity index (χ1) is 13.1. The summed E-state index contributed by atoms with van der Waals surface area (Å²) in [6, 6.07) is 12.0. The van der Waals surface area contributed by atoms with Crippen molar-refractivity contribution in [2.75, 3.05) is 21.3 Å². The van der Waals surface area contributed by atoms with Crippen LogP contribution in [0.3, 0.4) is 0 Å². The van der Waals surface area contributed by atoms with Gasteiger partial charge in [-0.1, -0.05) is 39.8 Å². The third-order valence-corrected chi connectivity index (χ3v) is 5.60. The zero-order chi connectivity index (χ0) is 19.4. The van der Waals surface area contributed by atoms with E-state index in [0.29, 0.717) is 17.2 Å². The number of benzene rings is 2. The lowest BCUT2D eigenvalue weighted by molar-refractivity contribution is 0.324. The molecule has 0 spiro atoms. The van der Waals surface area contributed by atoms with E-state index < -0.39 is 0 Å². The number of thioether (sulfide) groups is 1. The number of rotatable bonds is 7. The molecule has 1 heterocycles. The fraction of sp³-hybridized carbons (Fsp3) is 0.263. The minimum Gasteiger partial charge on any atom is -0.493 e. The predicted molar refractivity (Wildman–Crippen MR) is 110 cm³/mol. The van der Waals surface area contributed by atoms with Gasteiger partial charge in [0.1, 0.15) is 0 Å². The van der Waals surface area contributed by atoms with Crippen LogP contribution in [0.5, 0.6) is 17.2 Å². The highest BCUT2D eigenvalue weighted by Gasteiger charge is 2.18. The number of halogens is 1. The molecule has 0 atom stereocenters. The average molecular weight is 450 g/mol. The lowest BCUT2D eigenvalue weighted by atomic mass is 10.1. The highest BCUT2D eigenvalue weighted by atomic mass is 79.9. The summed E-state index contributed by atoms with van der Waals surface area (Å²) >= 11 is 5.13. The summed E-state index contributed by atoms with van der Waals surface area (Å²) in [6.07, 6.45) is 0. The molecule has 0 aliphatic heterocycles. The Bertz CT molecular complexity index is 921. The molecule has 27 heavy (non-hydrogen) atoms. The minimum atomic E-state index is 0.551. The maximum absolute atomic E-state index is 5.43. The van der Waals surface area contributed by atoms with Crippen LogP contribution in [0.1, 0.15) is 5.56 Å². The molecule has 0 saturated carbocycles. The highest BCUT2D eigenvalue weighted by molar-refractivity contribution is 9.10. The first-order valence-electron chi connectivity index (χ1n) is 8.14. The van der Waals surface area contributed by atoms with E-state index in [-0.39, 0.29) is 0 Å². The van der Waals surface area contributed by atoms with Gasteiger partial charge in [-0.25, -0.2) is 0 Å². The molecule has 6 nitrogen and oxygen atoms in total. The Morgan fingerprint density at radius 2 is 1.70 bits per heavy atom. The van der Waals surface area contributed by atoms with Gasteiger partial charge >= 0.3 is 0 Å². The van der Waals surface area contributed by atoms with Gasteiger partial charge in [0.15, 0.2) is 22.5 Å². The second kappa shape index (κ2) is 8.67. The van der Waals surface area contributed by atoms with E-state index >= 15 is 0 Å². The van der Waals surface area contributed by atoms with Gasteiger partial charge in [-0.3, -0.25) is 0 Å². The standard InChI is InChI=1S/C19H20BrN3O3S/c1-23-18(13-9-15(24-2)17(26-4)16(10-13)25-3)21-22-19(23)27-11-12-6-5-7-14(20)8-12/h5-10H,11H2,1-4H3. The second-order valence-corrected chi connectivity index (χ2v) is 7.56. The summed E-state index contributed by atoms with van der Waals surface area (Å²) < 4.78 is 19.3. The van der Waals surface area contributed by atoms with Crippen LogP contribution in [-0.4, -0.2) is 36.1 Å². The van der Waals surface area contributed by atoms with Crippen LogP contribution < -0.4 is 14.2 Å². The number of aromatic nitrogens is 3. The minimum absolute atomic E-state index is 0.551. The molecule has 8 heteroatoms. The van der Waals surface area contributed by atoms with E-state index in [1.54, 1.807) is 33.1 Å². The van der Waals surface area contributed by atoms with Gasteiger partial charge in [-0.15, -0.1) is 10.2 Å². The normalized spacial score (nSPS) is 10.7. The molecule has 3 rings (SSSR count). The van der Waals surface area contributed by atoms with Crippen molar-refractivity contribution in [3.8, 4) is 28.6 Å². The Labute approximate surface area is 171 Å². The molecular formula is C19H20BrN3O3S. The topological polar surface area (TPSA) is 58.4 Å². The van der Waals surface area contributed by atoms with Crippen molar-refractivity contribution in [1.29, 1.82) is 0 Å². The lowest BCUT2D eigenvalue weighted by Gasteiger charge is -2.14. The molecule has 2 aromatic carbocycles. The van der Waals surface area contributed by atoms with Crippen LogP contribution in [0.25, 0.3) is 11.4 Å². The van der Waals surface area contributed by atoms with Crippen LogP contribution in [0.15, 0.2) is 46.0 Å². The number of nitrogens with zero attached hydrogens (tertiary/aromatic N) is 3. The summed E-state index contributed by atoms with van der Waals surface area (Å²) in [5, 5.41) is 9.52. The molecule has 0 amide bonds. The SMILES string of the molecule is COc1cc(-c2nnc(SCc3cccc(Br)c3)n2C)cc(OC)c1OC. The van der Waals surface area contributed by atoms with Crippen molar-refractivity contribution in [3.63, 3.8) is 0 Å². The molecule has 0 saturated heterocycles. The summed E-state index contributed by atoms with van der Waals surface area (Å²) in [7, 11) is 6.72. The Morgan fingerprint density at radius 1 is 1.00 bits per heavy atom. The molecule has 142 valence electrons. The van der Waals surface area contributed by atoms with Crippen molar-refractivity contribution in [1.82, 2.24) is 14.8 Å². The summed E-state index contributed by atoms with van der Waals surface area (Å²) in [5.74, 6) is 3.25. The third kappa shape index (κ3) is 4.22. The first kappa shape index (κ1) is 19.6. The van der Waals surface area contributed by atoms with Gasteiger partial charge in [-0.2, -0.15) is 0 Å². The molecule has 0 radical (unpaired) electrons. The Hall–Kier alpha value is -2.19. The van der Waals surface area contributed by atoms with Crippen LogP contribution in [0.2, 0.25) is 0 Å². The summed E-state index contributed by atoms with van der Waals surface area (Å²) in [6.45, 7) is 0. The van der Waals surface area contributed by atoms with Crippen LogP contribution in [-0.2, 0) is 12.8 Å². The van der Waals surface area contributed by atoms with E-state index in [1.165, 1.54) is 5.56 Å². The van der Waals surface area contributed by atoms with Crippen molar-refractivity contribution in [2.24, 2.45) is 7.05 Å². The Kier molecular flexibility index (Phi) is 6.28. The van der Waals surface area contributed by atoms with Crippen LogP contribution in [0.4, 0.5) is 0 Å². The maximum Gasteiger partial charge on any atom is 0.203 e. The number of ether oxygens (including phenoxy) is 3. The van der Waals surface area contributed by atoms with Gasteiger partial charge in [-0.05, 0) is 29.8 Å². The van der Waals surface area contributed by atoms with Crippen LogP contribution >= 0.6 is 27.7 Å². The van der Waals surface area contributed by atoms with Gasteiger partial charge in [0.05, 0.1) is 21.3 Å². The van der Waals surface area contributed by atoms with E-state index in [4.69, 9.17) is 14.2 Å². The van der Waals surface area contributed by atoms with Crippen molar-refractivity contribution >= 4 is 27.7 Å². The smallest absolute Gasteiger partial charge is 0.203 e. The van der Waals surface area contributed by atoms with E-state index in [0.717, 1.165) is 26.8 Å². The molecule has 0 N–H and O–H groups in total. The molecule has 3 aromatic rings. The monoisotopic (exact) mass is 449 g/mol. The van der Waals surface area contributed by atoms with Crippen molar-refractivity contribution in [2.45, 2.75) is 10.9 Å². The quantitative estimate of drug-likeness (QED) is 0.492. The lowest BCUT2D eigenvalue weighted by Crippen LogP contribution is -1.99. The van der Waals surface area contributed by atoms with E-state index in [2.05, 4.69) is 38.3 Å². The predicted octanol–water partition coefficient (Wildman–Crippen LogP) is 4.56. The fourth-order valence-corrected chi connectivity index (χ4v) is 3.98. The molecule has 0 aliphatic rings. The van der Waals surface area contributed by atoms with Crippen molar-refractivity contribution < 1.29 is 14.2 Å². The molecular weight excluding hydrogens is 430 g/mol. The van der Waals surface area contributed by atoms with E-state index in [9.17, 15) is 0 Å². The zero-order valence-electron chi connectivity index (χ0n) is 15.5. The number of methoxy groups -OCH3 is 3. The number of hydrogen-bond donors (Lipinski definition) is 0. The summed E-state index contributed by atoms with van der Waals surface area (Å²) in [5.41, 5.74) is 2.06. The molecule has 1 aromatic heterocycles. The molecule has 0 aliphatic carbocycles. The Balaban J connectivity index is 1.88. The molecule has 0 bridgehead atoms. The van der Waals surface area contributed by atoms with Gasteiger partial charge in [0, 0.05) is 22.8 Å². The number of hydrogen-bond acceptors (Lipinski definition) is 6. The maximum atomic E-state index is 5.43. The van der Waals surface area contributed by atoms with Gasteiger partial charge in [0.25, 0.3) is 0 Å².